The summed E-state index contributed by atoms with van der Waals surface area (Å²) in [6.45, 7) is 13.4. The van der Waals surface area contributed by atoms with Crippen molar-refractivity contribution in [3.63, 3.8) is 0 Å². The molecule has 0 aliphatic rings. The molecule has 2 heterocycles. The normalized spacial score (nSPS) is 12.4. The summed E-state index contributed by atoms with van der Waals surface area (Å²) in [6, 6.07) is 3.94. The quantitative estimate of drug-likeness (QED) is 0.405. The molecule has 9 nitrogen and oxygen atoms in total. The van der Waals surface area contributed by atoms with Gasteiger partial charge in [0.15, 0.2) is 5.96 Å². The van der Waals surface area contributed by atoms with Crippen LogP contribution in [0.2, 0.25) is 0 Å². The molecule has 1 amide bonds. The number of ether oxygens (including phenoxy) is 1. The second kappa shape index (κ2) is 11.5. The number of hydrogen-bond acceptors (Lipinski definition) is 5. The van der Waals surface area contributed by atoms with E-state index in [0.717, 1.165) is 30.8 Å². The molecule has 0 aliphatic heterocycles. The van der Waals surface area contributed by atoms with Crippen LogP contribution in [0.15, 0.2) is 42.0 Å². The van der Waals surface area contributed by atoms with Crippen LogP contribution in [-0.4, -0.2) is 50.8 Å². The van der Waals surface area contributed by atoms with Crippen LogP contribution >= 0.6 is 0 Å². The molecule has 0 spiro atoms. The minimum Gasteiger partial charge on any atom is -0.444 e. The third kappa shape index (κ3) is 7.86. The molecule has 0 bridgehead atoms. The number of carbonyl (C=O) groups is 1. The van der Waals surface area contributed by atoms with Crippen LogP contribution in [0, 0.1) is 0 Å². The number of imidazole rings is 1. The Morgan fingerprint density at radius 1 is 1.16 bits per heavy atom. The lowest BCUT2D eigenvalue weighted by molar-refractivity contribution is 0.0448. The molecule has 176 valence electrons. The van der Waals surface area contributed by atoms with Gasteiger partial charge in [-0.3, -0.25) is 4.57 Å². The van der Waals surface area contributed by atoms with Gasteiger partial charge in [-0.05, 0) is 52.2 Å². The number of aliphatic imine (C=N–C) groups is 1. The van der Waals surface area contributed by atoms with Gasteiger partial charge < -0.3 is 20.7 Å². The first-order valence-corrected chi connectivity index (χ1v) is 11.2. The van der Waals surface area contributed by atoms with Crippen molar-refractivity contribution < 1.29 is 9.53 Å². The summed E-state index contributed by atoms with van der Waals surface area (Å²) in [5, 5.41) is 9.69. The fourth-order valence-corrected chi connectivity index (χ4v) is 3.06. The van der Waals surface area contributed by atoms with E-state index in [-0.39, 0.29) is 0 Å². The molecule has 0 atom stereocenters. The highest BCUT2D eigenvalue weighted by Crippen LogP contribution is 2.16. The highest BCUT2D eigenvalue weighted by atomic mass is 16.6. The van der Waals surface area contributed by atoms with Crippen LogP contribution in [-0.2, 0) is 11.3 Å². The molecule has 2 aromatic heterocycles. The zero-order chi connectivity index (χ0) is 23.6. The molecule has 2 aromatic rings. The van der Waals surface area contributed by atoms with Gasteiger partial charge in [-0.15, -0.1) is 0 Å². The van der Waals surface area contributed by atoms with E-state index in [9.17, 15) is 4.79 Å². The summed E-state index contributed by atoms with van der Waals surface area (Å²) in [5.74, 6) is 1.49. The molecule has 0 aromatic carbocycles. The van der Waals surface area contributed by atoms with Crippen molar-refractivity contribution in [2.24, 2.45) is 4.99 Å². The van der Waals surface area contributed by atoms with Crippen LogP contribution in [0.4, 0.5) is 4.79 Å². The van der Waals surface area contributed by atoms with Crippen molar-refractivity contribution in [2.75, 3.05) is 13.1 Å². The topological polar surface area (TPSA) is 105 Å². The molecule has 2 rings (SSSR count). The Bertz CT molecular complexity index is 851. The lowest BCUT2D eigenvalue weighted by Gasteiger charge is -2.34. The summed E-state index contributed by atoms with van der Waals surface area (Å²) < 4.78 is 7.31. The molecule has 0 saturated heterocycles. The van der Waals surface area contributed by atoms with Gasteiger partial charge >= 0.3 is 6.09 Å². The van der Waals surface area contributed by atoms with E-state index in [1.165, 1.54) is 0 Å². The van der Waals surface area contributed by atoms with Crippen molar-refractivity contribution in [2.45, 2.75) is 72.1 Å². The smallest absolute Gasteiger partial charge is 0.408 e. The van der Waals surface area contributed by atoms with Crippen molar-refractivity contribution in [1.82, 2.24) is 30.5 Å². The Labute approximate surface area is 191 Å². The molecular formula is C23H37N7O2. The third-order valence-electron chi connectivity index (χ3n) is 5.06. The van der Waals surface area contributed by atoms with Crippen molar-refractivity contribution in [3.05, 3.63) is 42.6 Å². The van der Waals surface area contributed by atoms with Gasteiger partial charge in [0, 0.05) is 31.7 Å². The maximum atomic E-state index is 12.4. The van der Waals surface area contributed by atoms with E-state index in [1.807, 2.05) is 56.8 Å². The van der Waals surface area contributed by atoms with E-state index in [4.69, 9.17) is 4.74 Å². The highest BCUT2D eigenvalue weighted by Gasteiger charge is 2.30. The largest absolute Gasteiger partial charge is 0.444 e. The molecule has 0 unspecified atom stereocenters. The van der Waals surface area contributed by atoms with Gasteiger partial charge in [-0.1, -0.05) is 19.9 Å². The van der Waals surface area contributed by atoms with Crippen LogP contribution in [0.5, 0.6) is 0 Å². The molecule has 32 heavy (non-hydrogen) atoms. The van der Waals surface area contributed by atoms with Crippen molar-refractivity contribution in [1.29, 1.82) is 0 Å². The maximum absolute atomic E-state index is 12.4. The van der Waals surface area contributed by atoms with E-state index >= 15 is 0 Å². The summed E-state index contributed by atoms with van der Waals surface area (Å²) >= 11 is 0. The second-order valence-electron chi connectivity index (χ2n) is 8.66. The SMILES string of the molecule is CCNC(=NCc1ccc(-n2ccnc2)nc1)NCC(CC)(CC)NC(=O)OC(C)(C)C. The van der Waals surface area contributed by atoms with Gasteiger partial charge in [0.1, 0.15) is 17.7 Å². The molecule has 0 radical (unpaired) electrons. The fraction of sp³-hybridized carbons (Fsp3) is 0.565. The molecule has 3 N–H and O–H groups in total. The number of guanidine groups is 1. The molecule has 0 saturated carbocycles. The first-order valence-electron chi connectivity index (χ1n) is 11.2. The summed E-state index contributed by atoms with van der Waals surface area (Å²) in [7, 11) is 0. The standard InChI is InChI=1S/C23H37N7O2/c1-7-23(8-2,29-21(31)32-22(4,5)6)16-28-20(25-9-3)27-15-18-10-11-19(26-14-18)30-13-12-24-17-30/h10-14,17H,7-9,15-16H2,1-6H3,(H,29,31)(H2,25,27,28). The molecular weight excluding hydrogens is 406 g/mol. The Morgan fingerprint density at radius 2 is 1.91 bits per heavy atom. The highest BCUT2D eigenvalue weighted by molar-refractivity contribution is 5.80. The number of nitrogens with one attached hydrogen (secondary N) is 3. The van der Waals surface area contributed by atoms with Crippen LogP contribution < -0.4 is 16.0 Å². The van der Waals surface area contributed by atoms with Crippen LogP contribution in [0.1, 0.15) is 59.9 Å². The average molecular weight is 444 g/mol. The Balaban J connectivity index is 2.02. The van der Waals surface area contributed by atoms with Gasteiger partial charge in [-0.25, -0.2) is 19.8 Å². The Morgan fingerprint density at radius 3 is 2.44 bits per heavy atom. The zero-order valence-corrected chi connectivity index (χ0v) is 20.1. The predicted molar refractivity (Wildman–Crippen MR) is 127 cm³/mol. The molecule has 0 fully saturated rings. The first kappa shape index (κ1) is 25.2. The second-order valence-corrected chi connectivity index (χ2v) is 8.66. The average Bonchev–Trinajstić information content (AvgIpc) is 3.28. The lowest BCUT2D eigenvalue weighted by atomic mass is 9.93. The number of carbonyl (C=O) groups excluding carboxylic acids is 1. The third-order valence-corrected chi connectivity index (χ3v) is 5.06. The number of alkyl carbamates (subject to hydrolysis) is 1. The lowest BCUT2D eigenvalue weighted by Crippen LogP contribution is -2.57. The predicted octanol–water partition coefficient (Wildman–Crippen LogP) is 3.41. The van der Waals surface area contributed by atoms with E-state index < -0.39 is 17.2 Å². The number of amides is 1. The summed E-state index contributed by atoms with van der Waals surface area (Å²) in [5.41, 5.74) is 0.0185. The number of aromatic nitrogens is 3. The summed E-state index contributed by atoms with van der Waals surface area (Å²) in [6.07, 6.45) is 8.21. The number of pyridine rings is 1. The Kier molecular flexibility index (Phi) is 9.04. The van der Waals surface area contributed by atoms with Crippen molar-refractivity contribution >= 4 is 12.1 Å². The minimum atomic E-state index is -0.539. The zero-order valence-electron chi connectivity index (χ0n) is 20.1. The van der Waals surface area contributed by atoms with Gasteiger partial charge in [-0.2, -0.15) is 0 Å². The summed E-state index contributed by atoms with van der Waals surface area (Å²) in [4.78, 5) is 25.6. The van der Waals surface area contributed by atoms with Gasteiger partial charge in [0.05, 0.1) is 12.1 Å². The molecule has 9 heteroatoms. The van der Waals surface area contributed by atoms with Crippen LogP contribution in [0.3, 0.4) is 0 Å². The maximum Gasteiger partial charge on any atom is 0.408 e. The van der Waals surface area contributed by atoms with E-state index in [1.54, 1.807) is 12.5 Å². The Hall–Kier alpha value is -3.10. The first-order chi connectivity index (χ1) is 15.2. The minimum absolute atomic E-state index is 0.408. The number of nitrogens with zero attached hydrogens (tertiary/aromatic N) is 4. The van der Waals surface area contributed by atoms with Crippen LogP contribution in [0.25, 0.3) is 5.82 Å². The van der Waals surface area contributed by atoms with Gasteiger partial charge in [0.25, 0.3) is 0 Å². The van der Waals surface area contributed by atoms with Gasteiger partial charge in [0.2, 0.25) is 0 Å². The fourth-order valence-electron chi connectivity index (χ4n) is 3.06. The molecule has 0 aliphatic carbocycles. The monoisotopic (exact) mass is 443 g/mol. The van der Waals surface area contributed by atoms with E-state index in [0.29, 0.717) is 19.0 Å². The van der Waals surface area contributed by atoms with Crippen molar-refractivity contribution in [3.8, 4) is 5.82 Å². The number of hydrogen-bond donors (Lipinski definition) is 3. The number of rotatable bonds is 9. The van der Waals surface area contributed by atoms with E-state index in [2.05, 4.69) is 44.8 Å².